The van der Waals surface area contributed by atoms with E-state index in [-0.39, 0.29) is 0 Å². The van der Waals surface area contributed by atoms with Gasteiger partial charge in [-0.2, -0.15) is 0 Å². The van der Waals surface area contributed by atoms with Crippen LogP contribution in [-0.4, -0.2) is 19.2 Å². The lowest BCUT2D eigenvalue weighted by Crippen LogP contribution is -2.37. The summed E-state index contributed by atoms with van der Waals surface area (Å²) >= 11 is 0. The molecule has 1 N–H and O–H groups in total. The van der Waals surface area contributed by atoms with Crippen LogP contribution in [0.5, 0.6) is 0 Å². The van der Waals surface area contributed by atoms with E-state index in [1.807, 2.05) is 0 Å². The summed E-state index contributed by atoms with van der Waals surface area (Å²) in [6.07, 6.45) is 7.78. The Labute approximate surface area is 110 Å². The van der Waals surface area contributed by atoms with E-state index in [4.69, 9.17) is 4.74 Å². The Bertz CT molecular complexity index is 396. The normalized spacial score (nSPS) is 23.0. The smallest absolute Gasteiger partial charge is 0.0717 e. The van der Waals surface area contributed by atoms with Crippen molar-refractivity contribution in [1.82, 2.24) is 5.32 Å². The number of piperidine rings is 1. The Hall–Kier alpha value is -0.860. The monoisotopic (exact) mass is 245 g/mol. The number of benzene rings is 1. The Morgan fingerprint density at radius 3 is 2.94 bits per heavy atom. The van der Waals surface area contributed by atoms with Gasteiger partial charge in [-0.05, 0) is 55.3 Å². The highest BCUT2D eigenvalue weighted by Gasteiger charge is 2.13. The van der Waals surface area contributed by atoms with Crippen LogP contribution in [0.1, 0.15) is 42.4 Å². The quantitative estimate of drug-likeness (QED) is 0.880. The summed E-state index contributed by atoms with van der Waals surface area (Å²) < 4.78 is 5.86. The molecule has 1 unspecified atom stereocenters. The first-order chi connectivity index (χ1) is 8.92. The largest absolute Gasteiger partial charge is 0.375 e. The van der Waals surface area contributed by atoms with E-state index in [1.165, 1.54) is 44.1 Å². The zero-order valence-corrected chi connectivity index (χ0v) is 11.1. The van der Waals surface area contributed by atoms with Crippen molar-refractivity contribution >= 4 is 0 Å². The molecule has 1 fully saturated rings. The van der Waals surface area contributed by atoms with Crippen molar-refractivity contribution in [1.29, 1.82) is 0 Å². The van der Waals surface area contributed by atoms with E-state index in [0.717, 1.165) is 19.8 Å². The minimum atomic E-state index is 0.577. The molecule has 1 aromatic carbocycles. The van der Waals surface area contributed by atoms with Crippen LogP contribution in [0.4, 0.5) is 0 Å². The summed E-state index contributed by atoms with van der Waals surface area (Å²) in [5.41, 5.74) is 4.44. The summed E-state index contributed by atoms with van der Waals surface area (Å²) in [5, 5.41) is 3.52. The van der Waals surface area contributed by atoms with Gasteiger partial charge in [0.05, 0.1) is 13.2 Å². The van der Waals surface area contributed by atoms with Crippen molar-refractivity contribution in [2.24, 2.45) is 0 Å². The molecule has 1 aliphatic heterocycles. The molecule has 0 bridgehead atoms. The van der Waals surface area contributed by atoms with E-state index in [0.29, 0.717) is 6.04 Å². The molecule has 1 heterocycles. The lowest BCUT2D eigenvalue weighted by molar-refractivity contribution is 0.0911. The highest BCUT2D eigenvalue weighted by atomic mass is 16.5. The molecule has 0 amide bonds. The number of ether oxygens (including phenoxy) is 1. The third-order valence-corrected chi connectivity index (χ3v) is 4.16. The van der Waals surface area contributed by atoms with E-state index in [1.54, 1.807) is 11.1 Å². The maximum absolute atomic E-state index is 5.86. The summed E-state index contributed by atoms with van der Waals surface area (Å²) in [4.78, 5) is 0. The number of hydrogen-bond acceptors (Lipinski definition) is 2. The van der Waals surface area contributed by atoms with Gasteiger partial charge in [-0.3, -0.25) is 0 Å². The third kappa shape index (κ3) is 2.93. The van der Waals surface area contributed by atoms with Gasteiger partial charge in [0.15, 0.2) is 0 Å². The molecule has 0 radical (unpaired) electrons. The van der Waals surface area contributed by atoms with Crippen LogP contribution < -0.4 is 5.32 Å². The maximum atomic E-state index is 5.86. The Morgan fingerprint density at radius 1 is 1.11 bits per heavy atom. The molecular formula is C16H23NO. The first-order valence-electron chi connectivity index (χ1n) is 7.33. The van der Waals surface area contributed by atoms with E-state index in [2.05, 4.69) is 23.5 Å². The topological polar surface area (TPSA) is 21.3 Å². The van der Waals surface area contributed by atoms with Gasteiger partial charge in [-0.25, -0.2) is 0 Å². The molecule has 1 atom stereocenters. The lowest BCUT2D eigenvalue weighted by atomic mass is 10.1. The summed E-state index contributed by atoms with van der Waals surface area (Å²) in [6, 6.07) is 7.45. The van der Waals surface area contributed by atoms with Crippen LogP contribution in [0.3, 0.4) is 0 Å². The van der Waals surface area contributed by atoms with Gasteiger partial charge in [0.2, 0.25) is 0 Å². The van der Waals surface area contributed by atoms with Crippen LogP contribution in [-0.2, 0) is 24.2 Å². The molecular weight excluding hydrogens is 222 g/mol. The molecule has 1 aromatic rings. The molecule has 2 nitrogen and oxygen atoms in total. The van der Waals surface area contributed by atoms with Gasteiger partial charge in [0.1, 0.15) is 0 Å². The van der Waals surface area contributed by atoms with Crippen LogP contribution in [0.25, 0.3) is 0 Å². The summed E-state index contributed by atoms with van der Waals surface area (Å²) in [5.74, 6) is 0. The molecule has 3 rings (SSSR count). The number of nitrogens with one attached hydrogen (secondary N) is 1. The minimum Gasteiger partial charge on any atom is -0.375 e. The van der Waals surface area contributed by atoms with Crippen molar-refractivity contribution in [2.75, 3.05) is 13.2 Å². The second-order valence-corrected chi connectivity index (χ2v) is 5.62. The van der Waals surface area contributed by atoms with Crippen molar-refractivity contribution in [3.05, 3.63) is 34.9 Å². The van der Waals surface area contributed by atoms with Crippen molar-refractivity contribution in [3.63, 3.8) is 0 Å². The molecule has 2 aliphatic rings. The fourth-order valence-corrected chi connectivity index (χ4v) is 3.10. The van der Waals surface area contributed by atoms with Gasteiger partial charge in [0, 0.05) is 6.04 Å². The average Bonchev–Trinajstić information content (AvgIpc) is 2.87. The molecule has 98 valence electrons. The lowest BCUT2D eigenvalue weighted by Gasteiger charge is -2.23. The number of aryl methyl sites for hydroxylation is 2. The maximum Gasteiger partial charge on any atom is 0.0717 e. The molecule has 0 aromatic heterocycles. The Kier molecular flexibility index (Phi) is 3.96. The second kappa shape index (κ2) is 5.85. The molecule has 0 spiro atoms. The van der Waals surface area contributed by atoms with Crippen LogP contribution in [0.15, 0.2) is 18.2 Å². The fraction of sp³-hybridized carbons (Fsp3) is 0.625. The van der Waals surface area contributed by atoms with Gasteiger partial charge in [0.25, 0.3) is 0 Å². The van der Waals surface area contributed by atoms with Crippen LogP contribution in [0.2, 0.25) is 0 Å². The van der Waals surface area contributed by atoms with E-state index < -0.39 is 0 Å². The van der Waals surface area contributed by atoms with Gasteiger partial charge >= 0.3 is 0 Å². The fourth-order valence-electron chi connectivity index (χ4n) is 3.10. The average molecular weight is 245 g/mol. The number of rotatable bonds is 4. The predicted octanol–water partition coefficient (Wildman–Crippen LogP) is 2.83. The molecule has 1 saturated heterocycles. The third-order valence-electron chi connectivity index (χ3n) is 4.16. The number of hydrogen-bond donors (Lipinski definition) is 1. The van der Waals surface area contributed by atoms with Crippen molar-refractivity contribution < 1.29 is 4.74 Å². The Balaban J connectivity index is 1.48. The SMILES string of the molecule is c1cc2c(cc1COCC1CCCCN1)CCC2. The van der Waals surface area contributed by atoms with Gasteiger partial charge < -0.3 is 10.1 Å². The molecule has 1 aliphatic carbocycles. The first kappa shape index (κ1) is 12.2. The molecule has 18 heavy (non-hydrogen) atoms. The summed E-state index contributed by atoms with van der Waals surface area (Å²) in [6.45, 7) is 2.79. The minimum absolute atomic E-state index is 0.577. The Morgan fingerprint density at radius 2 is 2.06 bits per heavy atom. The second-order valence-electron chi connectivity index (χ2n) is 5.62. The van der Waals surface area contributed by atoms with Crippen molar-refractivity contribution in [2.45, 2.75) is 51.2 Å². The highest BCUT2D eigenvalue weighted by molar-refractivity contribution is 5.34. The van der Waals surface area contributed by atoms with E-state index >= 15 is 0 Å². The first-order valence-corrected chi connectivity index (χ1v) is 7.33. The van der Waals surface area contributed by atoms with E-state index in [9.17, 15) is 0 Å². The zero-order valence-electron chi connectivity index (χ0n) is 11.1. The highest BCUT2D eigenvalue weighted by Crippen LogP contribution is 2.23. The van der Waals surface area contributed by atoms with Gasteiger partial charge in [-0.1, -0.05) is 24.6 Å². The zero-order chi connectivity index (χ0) is 12.2. The van der Waals surface area contributed by atoms with Crippen LogP contribution in [0, 0.1) is 0 Å². The van der Waals surface area contributed by atoms with Crippen LogP contribution >= 0.6 is 0 Å². The molecule has 2 heteroatoms. The van der Waals surface area contributed by atoms with Crippen molar-refractivity contribution in [3.8, 4) is 0 Å². The number of fused-ring (bicyclic) bond motifs is 1. The predicted molar refractivity (Wildman–Crippen MR) is 73.8 cm³/mol. The standard InChI is InChI=1S/C16H23NO/c1-2-9-17-16(6-1)12-18-11-13-7-8-14-4-3-5-15(14)10-13/h7-8,10,16-17H,1-6,9,11-12H2. The summed E-state index contributed by atoms with van der Waals surface area (Å²) in [7, 11) is 0. The van der Waals surface area contributed by atoms with Gasteiger partial charge in [-0.15, -0.1) is 0 Å². The molecule has 0 saturated carbocycles.